The molecule has 1 aliphatic rings. The molecule has 2 N–H and O–H groups in total. The summed E-state index contributed by atoms with van der Waals surface area (Å²) in [7, 11) is 1.61. The largest absolute Gasteiger partial charge is 0.367 e. The minimum Gasteiger partial charge on any atom is -0.367 e. The van der Waals surface area contributed by atoms with Crippen LogP contribution in [0.5, 0.6) is 0 Å². The summed E-state index contributed by atoms with van der Waals surface area (Å²) in [5.74, 6) is -0.0584. The van der Waals surface area contributed by atoms with Gasteiger partial charge in [-0.05, 0) is 13.0 Å². The number of carbonyl (C=O) groups excluding carboxylic acids is 1. The van der Waals surface area contributed by atoms with Crippen molar-refractivity contribution >= 4 is 5.91 Å². The van der Waals surface area contributed by atoms with Gasteiger partial charge in [-0.2, -0.15) is 0 Å². The second-order valence-electron chi connectivity index (χ2n) is 2.60. The van der Waals surface area contributed by atoms with E-state index >= 15 is 0 Å². The van der Waals surface area contributed by atoms with Crippen molar-refractivity contribution in [2.75, 3.05) is 26.7 Å². The summed E-state index contributed by atoms with van der Waals surface area (Å²) >= 11 is 0. The van der Waals surface area contributed by atoms with Gasteiger partial charge in [-0.3, -0.25) is 4.79 Å². The lowest BCUT2D eigenvalue weighted by atomic mass is 10.3. The van der Waals surface area contributed by atoms with Crippen molar-refractivity contribution in [1.82, 2.24) is 10.6 Å². The highest BCUT2D eigenvalue weighted by Crippen LogP contribution is 2.01. The molecule has 11 heavy (non-hydrogen) atoms. The van der Waals surface area contributed by atoms with Crippen LogP contribution in [0.3, 0.4) is 0 Å². The predicted molar refractivity (Wildman–Crippen MR) is 41.3 cm³/mol. The minimum atomic E-state index is -0.0584. The Hall–Kier alpha value is -0.610. The van der Waals surface area contributed by atoms with Crippen LogP contribution >= 0.6 is 0 Å². The van der Waals surface area contributed by atoms with Crippen molar-refractivity contribution in [3.05, 3.63) is 0 Å². The zero-order valence-corrected chi connectivity index (χ0v) is 6.72. The average Bonchev–Trinajstić information content (AvgIpc) is 2.52. The molecule has 64 valence electrons. The van der Waals surface area contributed by atoms with E-state index in [0.717, 1.165) is 19.5 Å². The fourth-order valence-electron chi connectivity index (χ4n) is 1.04. The van der Waals surface area contributed by atoms with Gasteiger partial charge in [0.2, 0.25) is 5.91 Å². The van der Waals surface area contributed by atoms with Gasteiger partial charge in [0.05, 0.1) is 6.10 Å². The number of nitrogens with one attached hydrogen (secondary N) is 2. The Kier molecular flexibility index (Phi) is 3.32. The molecule has 1 saturated heterocycles. The zero-order chi connectivity index (χ0) is 8.10. The third-order valence-corrected chi connectivity index (χ3v) is 1.74. The molecule has 1 fully saturated rings. The van der Waals surface area contributed by atoms with E-state index in [-0.39, 0.29) is 18.6 Å². The van der Waals surface area contributed by atoms with E-state index in [9.17, 15) is 4.79 Å². The van der Waals surface area contributed by atoms with Crippen molar-refractivity contribution in [3.63, 3.8) is 0 Å². The molecule has 4 heteroatoms. The van der Waals surface area contributed by atoms with Crippen LogP contribution < -0.4 is 10.6 Å². The summed E-state index contributed by atoms with van der Waals surface area (Å²) in [6.07, 6.45) is 1.24. The fraction of sp³-hybridized carbons (Fsp3) is 0.857. The lowest BCUT2D eigenvalue weighted by molar-refractivity contribution is -0.126. The van der Waals surface area contributed by atoms with E-state index in [0.29, 0.717) is 0 Å². The SMILES string of the molecule is CNC(=O)CO[C@@H]1CCNC1. The van der Waals surface area contributed by atoms with Crippen LogP contribution in [0.1, 0.15) is 6.42 Å². The third-order valence-electron chi connectivity index (χ3n) is 1.74. The van der Waals surface area contributed by atoms with E-state index in [1.165, 1.54) is 0 Å². The van der Waals surface area contributed by atoms with Gasteiger partial charge in [0.25, 0.3) is 0 Å². The molecule has 0 aromatic heterocycles. The Morgan fingerprint density at radius 2 is 2.64 bits per heavy atom. The first kappa shape index (κ1) is 8.49. The topological polar surface area (TPSA) is 50.4 Å². The van der Waals surface area contributed by atoms with Crippen molar-refractivity contribution in [2.24, 2.45) is 0 Å². The first-order valence-corrected chi connectivity index (χ1v) is 3.86. The lowest BCUT2D eigenvalue weighted by Gasteiger charge is -2.08. The number of hydrogen-bond acceptors (Lipinski definition) is 3. The smallest absolute Gasteiger partial charge is 0.245 e. The Morgan fingerprint density at radius 3 is 3.18 bits per heavy atom. The molecule has 1 heterocycles. The molecule has 1 amide bonds. The van der Waals surface area contributed by atoms with Gasteiger partial charge in [0, 0.05) is 13.6 Å². The van der Waals surface area contributed by atoms with Crippen LogP contribution in [0, 0.1) is 0 Å². The van der Waals surface area contributed by atoms with E-state index in [1.807, 2.05) is 0 Å². The summed E-state index contributed by atoms with van der Waals surface area (Å²) in [5, 5.41) is 5.66. The van der Waals surface area contributed by atoms with E-state index < -0.39 is 0 Å². The maximum atomic E-state index is 10.7. The first-order chi connectivity index (χ1) is 5.33. The van der Waals surface area contributed by atoms with Crippen LogP contribution in [0.25, 0.3) is 0 Å². The van der Waals surface area contributed by atoms with Crippen LogP contribution in [0.2, 0.25) is 0 Å². The average molecular weight is 158 g/mol. The number of rotatable bonds is 3. The molecule has 0 unspecified atom stereocenters. The maximum absolute atomic E-state index is 10.7. The minimum absolute atomic E-state index is 0.0584. The molecule has 0 saturated carbocycles. The molecular formula is C7H14N2O2. The Labute approximate surface area is 66.3 Å². The van der Waals surface area contributed by atoms with E-state index in [4.69, 9.17) is 4.74 Å². The normalized spacial score (nSPS) is 23.5. The van der Waals surface area contributed by atoms with Gasteiger partial charge in [-0.25, -0.2) is 0 Å². The van der Waals surface area contributed by atoms with E-state index in [2.05, 4.69) is 10.6 Å². The van der Waals surface area contributed by atoms with E-state index in [1.54, 1.807) is 7.05 Å². The molecular weight excluding hydrogens is 144 g/mol. The van der Waals surface area contributed by atoms with Crippen molar-refractivity contribution < 1.29 is 9.53 Å². The molecule has 0 aromatic rings. The van der Waals surface area contributed by atoms with Gasteiger partial charge < -0.3 is 15.4 Å². The number of carbonyl (C=O) groups is 1. The quantitative estimate of drug-likeness (QED) is 0.560. The molecule has 1 rings (SSSR count). The molecule has 0 aromatic carbocycles. The molecule has 0 spiro atoms. The number of likely N-dealkylation sites (N-methyl/N-ethyl adjacent to an activating group) is 1. The van der Waals surface area contributed by atoms with Crippen LogP contribution in [0.15, 0.2) is 0 Å². The molecule has 1 aliphatic heterocycles. The summed E-state index contributed by atoms with van der Waals surface area (Å²) in [4.78, 5) is 10.7. The van der Waals surface area contributed by atoms with Crippen LogP contribution in [-0.2, 0) is 9.53 Å². The second-order valence-corrected chi connectivity index (χ2v) is 2.60. The molecule has 0 bridgehead atoms. The van der Waals surface area contributed by atoms with Gasteiger partial charge >= 0.3 is 0 Å². The van der Waals surface area contributed by atoms with Crippen molar-refractivity contribution in [1.29, 1.82) is 0 Å². The lowest BCUT2D eigenvalue weighted by Crippen LogP contribution is -2.27. The van der Waals surface area contributed by atoms with Crippen LogP contribution in [0.4, 0.5) is 0 Å². The van der Waals surface area contributed by atoms with Gasteiger partial charge in [0.1, 0.15) is 6.61 Å². The standard InChI is InChI=1S/C7H14N2O2/c1-8-7(10)5-11-6-2-3-9-4-6/h6,9H,2-5H2,1H3,(H,8,10)/t6-/m1/s1. The second kappa shape index (κ2) is 4.31. The number of hydrogen-bond donors (Lipinski definition) is 2. The maximum Gasteiger partial charge on any atom is 0.245 e. The zero-order valence-electron chi connectivity index (χ0n) is 6.72. The Balaban J connectivity index is 2.06. The molecule has 0 radical (unpaired) electrons. The molecule has 4 nitrogen and oxygen atoms in total. The summed E-state index contributed by atoms with van der Waals surface area (Å²) in [5.41, 5.74) is 0. The third kappa shape index (κ3) is 2.86. The summed E-state index contributed by atoms with van der Waals surface area (Å²) < 4.78 is 5.28. The van der Waals surface area contributed by atoms with Gasteiger partial charge in [-0.1, -0.05) is 0 Å². The van der Waals surface area contributed by atoms with Gasteiger partial charge in [0.15, 0.2) is 0 Å². The Morgan fingerprint density at radius 1 is 1.82 bits per heavy atom. The molecule has 0 aliphatic carbocycles. The van der Waals surface area contributed by atoms with Gasteiger partial charge in [-0.15, -0.1) is 0 Å². The fourth-order valence-corrected chi connectivity index (χ4v) is 1.04. The monoisotopic (exact) mass is 158 g/mol. The van der Waals surface area contributed by atoms with Crippen molar-refractivity contribution in [3.8, 4) is 0 Å². The highest BCUT2D eigenvalue weighted by molar-refractivity contribution is 5.76. The summed E-state index contributed by atoms with van der Waals surface area (Å²) in [6.45, 7) is 2.05. The highest BCUT2D eigenvalue weighted by Gasteiger charge is 2.15. The van der Waals surface area contributed by atoms with Crippen LogP contribution in [-0.4, -0.2) is 38.8 Å². The van der Waals surface area contributed by atoms with Crippen molar-refractivity contribution in [2.45, 2.75) is 12.5 Å². The predicted octanol–water partition coefficient (Wildman–Crippen LogP) is -0.889. The first-order valence-electron chi connectivity index (χ1n) is 3.86. The highest BCUT2D eigenvalue weighted by atomic mass is 16.5. The molecule has 1 atom stereocenters. The number of amides is 1. The number of ether oxygens (including phenoxy) is 1. The Bertz CT molecular complexity index is 132. The summed E-state index contributed by atoms with van der Waals surface area (Å²) in [6, 6.07) is 0.